The predicted molar refractivity (Wildman–Crippen MR) is 97.5 cm³/mol. The van der Waals surface area contributed by atoms with Gasteiger partial charge < -0.3 is 15.4 Å². The van der Waals surface area contributed by atoms with Crippen molar-refractivity contribution in [3.63, 3.8) is 0 Å². The van der Waals surface area contributed by atoms with Gasteiger partial charge in [0.15, 0.2) is 0 Å². The molecule has 25 heavy (non-hydrogen) atoms. The normalized spacial score (nSPS) is 25.2. The molecule has 0 aliphatic heterocycles. The van der Waals surface area contributed by atoms with E-state index in [1.54, 1.807) is 0 Å². The Balaban J connectivity index is 1.62. The Kier molecular flexibility index (Phi) is 5.09. The van der Waals surface area contributed by atoms with Crippen LogP contribution in [0.1, 0.15) is 68.9 Å². The number of hydrogen-bond donors (Lipinski definition) is 2. The number of amides is 2. The molecule has 6 heteroatoms. The fourth-order valence-electron chi connectivity index (χ4n) is 4.67. The van der Waals surface area contributed by atoms with Gasteiger partial charge in [-0.15, -0.1) is 0 Å². The zero-order valence-corrected chi connectivity index (χ0v) is 16.2. The van der Waals surface area contributed by atoms with Crippen molar-refractivity contribution in [2.24, 2.45) is 12.5 Å². The van der Waals surface area contributed by atoms with E-state index in [0.717, 1.165) is 36.4 Å². The number of nitrogens with one attached hydrogen (secondary N) is 2. The summed E-state index contributed by atoms with van der Waals surface area (Å²) >= 11 is 0. The van der Waals surface area contributed by atoms with Gasteiger partial charge in [0.2, 0.25) is 0 Å². The Morgan fingerprint density at radius 1 is 1.40 bits per heavy atom. The van der Waals surface area contributed by atoms with E-state index in [1.165, 1.54) is 19.3 Å². The second kappa shape index (κ2) is 6.98. The highest BCUT2D eigenvalue weighted by Crippen LogP contribution is 2.57. The third kappa shape index (κ3) is 3.05. The second-order valence-electron chi connectivity index (χ2n) is 7.61. The molecule has 6 nitrogen and oxygen atoms in total. The van der Waals surface area contributed by atoms with Gasteiger partial charge in [-0.1, -0.05) is 13.3 Å². The lowest BCUT2D eigenvalue weighted by Gasteiger charge is -2.60. The number of ether oxygens (including phenoxy) is 1. The Hall–Kier alpha value is -1.56. The lowest BCUT2D eigenvalue weighted by Crippen LogP contribution is -2.68. The molecule has 2 saturated carbocycles. The van der Waals surface area contributed by atoms with Gasteiger partial charge in [-0.05, 0) is 46.5 Å². The monoisotopic (exact) mass is 348 g/mol. The van der Waals surface area contributed by atoms with Crippen LogP contribution >= 0.6 is 0 Å². The minimum atomic E-state index is -0.0688. The molecule has 0 unspecified atom stereocenters. The molecule has 0 bridgehead atoms. The summed E-state index contributed by atoms with van der Waals surface area (Å²) in [7, 11) is 1.95. The quantitative estimate of drug-likeness (QED) is 0.830. The van der Waals surface area contributed by atoms with Gasteiger partial charge in [0, 0.05) is 36.4 Å². The van der Waals surface area contributed by atoms with Gasteiger partial charge >= 0.3 is 6.03 Å². The molecule has 1 heterocycles. The summed E-state index contributed by atoms with van der Waals surface area (Å²) in [6.45, 7) is 8.96. The molecule has 3 rings (SSSR count). The molecule has 1 aromatic rings. The van der Waals surface area contributed by atoms with E-state index < -0.39 is 0 Å². The van der Waals surface area contributed by atoms with Crippen LogP contribution in [0.4, 0.5) is 4.79 Å². The van der Waals surface area contributed by atoms with Crippen molar-refractivity contribution in [2.75, 3.05) is 6.61 Å². The van der Waals surface area contributed by atoms with Crippen LogP contribution in [0.3, 0.4) is 0 Å². The summed E-state index contributed by atoms with van der Waals surface area (Å²) < 4.78 is 7.75. The van der Waals surface area contributed by atoms with Crippen LogP contribution in [0.2, 0.25) is 0 Å². The van der Waals surface area contributed by atoms with Crippen molar-refractivity contribution in [3.05, 3.63) is 17.0 Å². The van der Waals surface area contributed by atoms with E-state index in [1.807, 2.05) is 25.6 Å². The highest BCUT2D eigenvalue weighted by atomic mass is 16.5. The number of nitrogens with zero attached hydrogens (tertiary/aromatic N) is 2. The first-order valence-corrected chi connectivity index (χ1v) is 9.61. The highest BCUT2D eigenvalue weighted by Gasteiger charge is 2.59. The molecule has 2 aliphatic rings. The minimum Gasteiger partial charge on any atom is -0.378 e. The maximum absolute atomic E-state index is 12.6. The molecule has 2 aliphatic carbocycles. The number of carbonyl (C=O) groups excluding carboxylic acids is 1. The zero-order valence-electron chi connectivity index (χ0n) is 16.2. The third-order valence-electron chi connectivity index (χ3n) is 6.37. The van der Waals surface area contributed by atoms with Gasteiger partial charge in [-0.2, -0.15) is 5.10 Å². The minimum absolute atomic E-state index is 0.00574. The van der Waals surface area contributed by atoms with E-state index in [-0.39, 0.29) is 23.5 Å². The SMILES string of the molecule is CCO[C@@H]1C[C@H](NC(=O)N[C@H](CC)c2c(C)nn(C)c2C)C12CCC2. The maximum atomic E-state index is 12.6. The molecule has 3 atom stereocenters. The van der Waals surface area contributed by atoms with Gasteiger partial charge in [-0.25, -0.2) is 4.79 Å². The lowest BCUT2D eigenvalue weighted by molar-refractivity contribution is -0.169. The van der Waals surface area contributed by atoms with Gasteiger partial charge in [0.1, 0.15) is 0 Å². The topological polar surface area (TPSA) is 68.2 Å². The van der Waals surface area contributed by atoms with Crippen molar-refractivity contribution >= 4 is 6.03 Å². The number of aromatic nitrogens is 2. The summed E-state index contributed by atoms with van der Waals surface area (Å²) in [4.78, 5) is 12.6. The number of rotatable bonds is 6. The number of carbonyl (C=O) groups is 1. The Labute approximate surface area is 150 Å². The molecule has 1 spiro atoms. The Bertz CT molecular complexity index is 636. The highest BCUT2D eigenvalue weighted by molar-refractivity contribution is 5.75. The number of aryl methyl sites for hydroxylation is 2. The second-order valence-corrected chi connectivity index (χ2v) is 7.61. The molecular formula is C19H32N4O2. The Morgan fingerprint density at radius 3 is 2.60 bits per heavy atom. The van der Waals surface area contributed by atoms with Crippen molar-refractivity contribution in [2.45, 2.75) is 78.0 Å². The summed E-state index contributed by atoms with van der Waals surface area (Å²) in [5, 5.41) is 10.9. The zero-order chi connectivity index (χ0) is 18.2. The summed E-state index contributed by atoms with van der Waals surface area (Å²) in [6, 6.07) is 0.168. The van der Waals surface area contributed by atoms with Crippen molar-refractivity contribution in [1.82, 2.24) is 20.4 Å². The largest absolute Gasteiger partial charge is 0.378 e. The lowest BCUT2D eigenvalue weighted by atomic mass is 9.51. The standard InChI is InChI=1S/C19H32N4O2/c1-6-14(17-12(3)22-23(5)13(17)4)20-18(24)21-15-11-16(25-7-2)19(15)9-8-10-19/h14-16H,6-11H2,1-5H3,(H2,20,21,24)/t14-,15+,16-/m1/s1. The first-order valence-electron chi connectivity index (χ1n) is 9.61. The van der Waals surface area contributed by atoms with Gasteiger partial charge in [-0.3, -0.25) is 4.68 Å². The van der Waals surface area contributed by atoms with Crippen LogP contribution in [-0.4, -0.2) is 34.6 Å². The molecule has 0 aromatic carbocycles. The van der Waals surface area contributed by atoms with Crippen molar-refractivity contribution < 1.29 is 9.53 Å². The van der Waals surface area contributed by atoms with E-state index >= 15 is 0 Å². The third-order valence-corrected chi connectivity index (χ3v) is 6.37. The van der Waals surface area contributed by atoms with Crippen molar-refractivity contribution in [3.8, 4) is 0 Å². The van der Waals surface area contributed by atoms with E-state index in [2.05, 4.69) is 29.6 Å². The molecule has 2 fully saturated rings. The van der Waals surface area contributed by atoms with E-state index in [9.17, 15) is 4.79 Å². The smallest absolute Gasteiger partial charge is 0.315 e. The summed E-state index contributed by atoms with van der Waals surface area (Å²) in [5.74, 6) is 0. The molecule has 140 valence electrons. The van der Waals surface area contributed by atoms with E-state index in [4.69, 9.17) is 4.74 Å². The fourth-order valence-corrected chi connectivity index (χ4v) is 4.67. The van der Waals surface area contributed by atoms with Crippen LogP contribution in [0.5, 0.6) is 0 Å². The van der Waals surface area contributed by atoms with Crippen LogP contribution < -0.4 is 10.6 Å². The first kappa shape index (κ1) is 18.2. The average Bonchev–Trinajstić information content (AvgIpc) is 2.75. The van der Waals surface area contributed by atoms with Gasteiger partial charge in [0.25, 0.3) is 0 Å². The van der Waals surface area contributed by atoms with Crippen LogP contribution in [0, 0.1) is 19.3 Å². The van der Waals surface area contributed by atoms with Crippen molar-refractivity contribution in [1.29, 1.82) is 0 Å². The van der Waals surface area contributed by atoms with E-state index in [0.29, 0.717) is 6.10 Å². The Morgan fingerprint density at radius 2 is 2.12 bits per heavy atom. The van der Waals surface area contributed by atoms with Gasteiger partial charge in [0.05, 0.1) is 17.8 Å². The predicted octanol–water partition coefficient (Wildman–Crippen LogP) is 3.13. The molecule has 0 radical (unpaired) electrons. The number of urea groups is 1. The fraction of sp³-hybridized carbons (Fsp3) is 0.789. The molecular weight excluding hydrogens is 316 g/mol. The van der Waals surface area contributed by atoms with Crippen LogP contribution in [0.15, 0.2) is 0 Å². The summed E-state index contributed by atoms with van der Waals surface area (Å²) in [6.07, 6.45) is 5.68. The average molecular weight is 348 g/mol. The number of hydrogen-bond acceptors (Lipinski definition) is 3. The van der Waals surface area contributed by atoms with Crippen LogP contribution in [0.25, 0.3) is 0 Å². The molecule has 0 saturated heterocycles. The van der Waals surface area contributed by atoms with Crippen LogP contribution in [-0.2, 0) is 11.8 Å². The molecule has 1 aromatic heterocycles. The molecule has 2 N–H and O–H groups in total. The maximum Gasteiger partial charge on any atom is 0.315 e. The first-order chi connectivity index (χ1) is 11.9. The molecule has 2 amide bonds. The summed E-state index contributed by atoms with van der Waals surface area (Å²) in [5.41, 5.74) is 3.43.